The van der Waals surface area contributed by atoms with E-state index in [-0.39, 0.29) is 24.4 Å². The minimum absolute atomic E-state index is 0.0314. The zero-order valence-corrected chi connectivity index (χ0v) is 11.0. The molecule has 5 N–H and O–H groups in total. The number of hydrogen-bond acceptors (Lipinski definition) is 4. The van der Waals surface area contributed by atoms with Gasteiger partial charge in [0.05, 0.1) is 11.4 Å². The van der Waals surface area contributed by atoms with Crippen molar-refractivity contribution < 1.29 is 13.2 Å². The second kappa shape index (κ2) is 6.89. The minimum atomic E-state index is -3.66. The fourth-order valence-corrected chi connectivity index (χ4v) is 2.36. The van der Waals surface area contributed by atoms with Crippen LogP contribution in [0.1, 0.15) is 12.0 Å². The van der Waals surface area contributed by atoms with Crippen LogP contribution in [0.25, 0.3) is 0 Å². The molecule has 1 aromatic rings. The molecule has 1 rings (SSSR count). The van der Waals surface area contributed by atoms with Crippen LogP contribution in [-0.2, 0) is 14.8 Å². The van der Waals surface area contributed by atoms with Gasteiger partial charge in [0.2, 0.25) is 15.9 Å². The summed E-state index contributed by atoms with van der Waals surface area (Å²) in [5.41, 5.74) is 10.7. The molecule has 0 saturated heterocycles. The van der Waals surface area contributed by atoms with Crippen LogP contribution in [0.4, 0.5) is 0 Å². The number of benzene rings is 1. The molecule has 7 heteroatoms. The highest BCUT2D eigenvalue weighted by atomic mass is 32.2. The first kappa shape index (κ1) is 15.2. The maximum Gasteiger partial charge on any atom is 0.240 e. The van der Waals surface area contributed by atoms with Crippen molar-refractivity contribution in [2.45, 2.75) is 11.3 Å². The van der Waals surface area contributed by atoms with Gasteiger partial charge in [-0.25, -0.2) is 13.1 Å². The maximum absolute atomic E-state index is 11.9. The van der Waals surface area contributed by atoms with Gasteiger partial charge in [-0.1, -0.05) is 17.9 Å². The Morgan fingerprint density at radius 1 is 1.37 bits per heavy atom. The van der Waals surface area contributed by atoms with Crippen molar-refractivity contribution in [1.29, 1.82) is 0 Å². The lowest BCUT2D eigenvalue weighted by molar-refractivity contribution is -0.117. The average molecular weight is 281 g/mol. The van der Waals surface area contributed by atoms with Crippen LogP contribution in [-0.4, -0.2) is 27.4 Å². The van der Waals surface area contributed by atoms with E-state index in [9.17, 15) is 13.2 Å². The van der Waals surface area contributed by atoms with Gasteiger partial charge in [0.15, 0.2) is 0 Å². The van der Waals surface area contributed by atoms with Crippen molar-refractivity contribution in [3.63, 3.8) is 0 Å². The molecular formula is C12H15N3O3S. The first-order valence-corrected chi connectivity index (χ1v) is 7.01. The van der Waals surface area contributed by atoms with Gasteiger partial charge in [-0.3, -0.25) is 4.79 Å². The SMILES string of the molecule is NCC#Cc1cccc(S(=O)(=O)NCCC(N)=O)c1. The first-order chi connectivity index (χ1) is 8.95. The minimum Gasteiger partial charge on any atom is -0.370 e. The summed E-state index contributed by atoms with van der Waals surface area (Å²) >= 11 is 0. The highest BCUT2D eigenvalue weighted by molar-refractivity contribution is 7.89. The Labute approximate surface area is 112 Å². The smallest absolute Gasteiger partial charge is 0.240 e. The number of nitrogens with one attached hydrogen (secondary N) is 1. The number of sulfonamides is 1. The number of nitrogens with two attached hydrogens (primary N) is 2. The number of rotatable bonds is 5. The van der Waals surface area contributed by atoms with Crippen molar-refractivity contribution in [2.24, 2.45) is 11.5 Å². The zero-order chi connectivity index (χ0) is 14.3. The molecule has 19 heavy (non-hydrogen) atoms. The molecule has 0 aliphatic carbocycles. The molecule has 102 valence electrons. The van der Waals surface area contributed by atoms with E-state index in [1.807, 2.05) is 0 Å². The largest absolute Gasteiger partial charge is 0.370 e. The predicted molar refractivity (Wildman–Crippen MR) is 71.4 cm³/mol. The Balaban J connectivity index is 2.86. The summed E-state index contributed by atoms with van der Waals surface area (Å²) in [6.45, 7) is 0.171. The topological polar surface area (TPSA) is 115 Å². The van der Waals surface area contributed by atoms with Crippen LogP contribution >= 0.6 is 0 Å². The summed E-state index contributed by atoms with van der Waals surface area (Å²) < 4.78 is 26.1. The lowest BCUT2D eigenvalue weighted by Crippen LogP contribution is -2.28. The van der Waals surface area contributed by atoms with Crippen LogP contribution in [0.5, 0.6) is 0 Å². The van der Waals surface area contributed by atoms with Crippen molar-refractivity contribution in [3.05, 3.63) is 29.8 Å². The highest BCUT2D eigenvalue weighted by Gasteiger charge is 2.13. The van der Waals surface area contributed by atoms with E-state index in [2.05, 4.69) is 16.6 Å². The van der Waals surface area contributed by atoms with E-state index < -0.39 is 15.9 Å². The normalized spacial score (nSPS) is 10.6. The number of primary amides is 1. The van der Waals surface area contributed by atoms with Crippen LogP contribution in [0, 0.1) is 11.8 Å². The Bertz CT molecular complexity index is 615. The van der Waals surface area contributed by atoms with Gasteiger partial charge in [0.25, 0.3) is 0 Å². The highest BCUT2D eigenvalue weighted by Crippen LogP contribution is 2.10. The van der Waals surface area contributed by atoms with Gasteiger partial charge < -0.3 is 11.5 Å². The molecular weight excluding hydrogens is 266 g/mol. The third-order valence-corrected chi connectivity index (χ3v) is 3.60. The molecule has 0 spiro atoms. The van der Waals surface area contributed by atoms with E-state index in [1.165, 1.54) is 12.1 Å². The van der Waals surface area contributed by atoms with Crippen LogP contribution in [0.15, 0.2) is 29.2 Å². The molecule has 0 aliphatic heterocycles. The van der Waals surface area contributed by atoms with Crippen LogP contribution in [0.3, 0.4) is 0 Å². The Morgan fingerprint density at radius 3 is 2.74 bits per heavy atom. The molecule has 0 aliphatic rings. The van der Waals surface area contributed by atoms with Gasteiger partial charge in [0, 0.05) is 18.5 Å². The lowest BCUT2D eigenvalue weighted by Gasteiger charge is -2.05. The second-order valence-corrected chi connectivity index (χ2v) is 5.41. The standard InChI is InChI=1S/C12H15N3O3S/c13-7-2-4-10-3-1-5-11(9-10)19(17,18)15-8-6-12(14)16/h1,3,5,9,15H,6-8,13H2,(H2,14,16). The molecule has 0 aromatic heterocycles. The number of hydrogen-bond donors (Lipinski definition) is 3. The zero-order valence-electron chi connectivity index (χ0n) is 10.2. The molecule has 0 fully saturated rings. The third kappa shape index (κ3) is 5.09. The fourth-order valence-electron chi connectivity index (χ4n) is 1.29. The molecule has 0 radical (unpaired) electrons. The Kier molecular flexibility index (Phi) is 5.51. The molecule has 6 nitrogen and oxygen atoms in total. The van der Waals surface area contributed by atoms with Gasteiger partial charge in [-0.2, -0.15) is 0 Å². The van der Waals surface area contributed by atoms with Crippen LogP contribution < -0.4 is 16.2 Å². The number of amides is 1. The van der Waals surface area contributed by atoms with Crippen molar-refractivity contribution in [3.8, 4) is 11.8 Å². The van der Waals surface area contributed by atoms with E-state index in [1.54, 1.807) is 12.1 Å². The number of carbonyl (C=O) groups excluding carboxylic acids is 1. The summed E-state index contributed by atoms with van der Waals surface area (Å²) in [4.78, 5) is 10.6. The Morgan fingerprint density at radius 2 is 2.11 bits per heavy atom. The maximum atomic E-state index is 11.9. The summed E-state index contributed by atoms with van der Waals surface area (Å²) in [6, 6.07) is 6.16. The van der Waals surface area contributed by atoms with Crippen molar-refractivity contribution >= 4 is 15.9 Å². The van der Waals surface area contributed by atoms with Crippen LogP contribution in [0.2, 0.25) is 0 Å². The lowest BCUT2D eigenvalue weighted by atomic mass is 10.2. The van der Waals surface area contributed by atoms with Gasteiger partial charge in [0.1, 0.15) is 0 Å². The summed E-state index contributed by atoms with van der Waals surface area (Å²) in [5, 5.41) is 0. The number of carbonyl (C=O) groups is 1. The molecule has 1 aromatic carbocycles. The first-order valence-electron chi connectivity index (χ1n) is 5.52. The summed E-state index contributed by atoms with van der Waals surface area (Å²) in [5.74, 6) is 4.83. The average Bonchev–Trinajstić information content (AvgIpc) is 2.36. The molecule has 1 amide bonds. The summed E-state index contributed by atoms with van der Waals surface area (Å²) in [7, 11) is -3.66. The van der Waals surface area contributed by atoms with E-state index >= 15 is 0 Å². The van der Waals surface area contributed by atoms with Crippen molar-refractivity contribution in [2.75, 3.05) is 13.1 Å². The molecule has 0 bridgehead atoms. The van der Waals surface area contributed by atoms with Gasteiger partial charge >= 0.3 is 0 Å². The second-order valence-electron chi connectivity index (χ2n) is 3.65. The molecule has 0 saturated carbocycles. The quantitative estimate of drug-likeness (QED) is 0.610. The molecule has 0 unspecified atom stereocenters. The van der Waals surface area contributed by atoms with E-state index in [0.717, 1.165) is 0 Å². The predicted octanol–water partition coefficient (Wildman–Crippen LogP) is -0.849. The fraction of sp³-hybridized carbons (Fsp3) is 0.250. The van der Waals surface area contributed by atoms with E-state index in [4.69, 9.17) is 11.5 Å². The summed E-state index contributed by atoms with van der Waals surface area (Å²) in [6.07, 6.45) is -0.0497. The van der Waals surface area contributed by atoms with Gasteiger partial charge in [-0.05, 0) is 18.2 Å². The van der Waals surface area contributed by atoms with E-state index in [0.29, 0.717) is 5.56 Å². The molecule has 0 atom stereocenters. The van der Waals surface area contributed by atoms with Crippen molar-refractivity contribution in [1.82, 2.24) is 4.72 Å². The Hall–Kier alpha value is -1.88. The third-order valence-electron chi connectivity index (χ3n) is 2.14. The molecule has 0 heterocycles. The van der Waals surface area contributed by atoms with Gasteiger partial charge in [-0.15, -0.1) is 0 Å². The monoisotopic (exact) mass is 281 g/mol.